The molecule has 7 heteroatoms. The van der Waals surface area contributed by atoms with Crippen LogP contribution >= 0.6 is 11.3 Å². The van der Waals surface area contributed by atoms with Gasteiger partial charge in [0, 0.05) is 30.8 Å². The second-order valence-corrected chi connectivity index (χ2v) is 7.86. The van der Waals surface area contributed by atoms with E-state index < -0.39 is 0 Å². The Kier molecular flexibility index (Phi) is 4.94. The van der Waals surface area contributed by atoms with Crippen LogP contribution in [0.3, 0.4) is 0 Å². The van der Waals surface area contributed by atoms with Crippen LogP contribution < -0.4 is 5.32 Å². The molecular weight excluding hydrogens is 360 g/mol. The molecule has 6 nitrogen and oxygen atoms in total. The van der Waals surface area contributed by atoms with E-state index in [1.807, 2.05) is 36.1 Å². The van der Waals surface area contributed by atoms with Crippen molar-refractivity contribution < 1.29 is 9.59 Å². The zero-order valence-electron chi connectivity index (χ0n) is 15.2. The first-order valence-corrected chi connectivity index (χ1v) is 10.0. The minimum Gasteiger partial charge on any atom is -0.346 e. The number of rotatable bonds is 5. The van der Waals surface area contributed by atoms with Crippen molar-refractivity contribution >= 4 is 34.2 Å². The van der Waals surface area contributed by atoms with Crippen LogP contribution in [0.1, 0.15) is 42.1 Å². The van der Waals surface area contributed by atoms with Gasteiger partial charge in [0.2, 0.25) is 11.8 Å². The van der Waals surface area contributed by atoms with Crippen LogP contribution in [0, 0.1) is 0 Å². The van der Waals surface area contributed by atoms with Gasteiger partial charge in [-0.15, -0.1) is 11.3 Å². The van der Waals surface area contributed by atoms with Crippen LogP contribution in [0.5, 0.6) is 0 Å². The summed E-state index contributed by atoms with van der Waals surface area (Å²) < 4.78 is 0. The largest absolute Gasteiger partial charge is 0.346 e. The van der Waals surface area contributed by atoms with Gasteiger partial charge in [0.25, 0.3) is 0 Å². The Hall–Kier alpha value is -2.67. The summed E-state index contributed by atoms with van der Waals surface area (Å²) >= 11 is 1.75. The third kappa shape index (κ3) is 3.88. The van der Waals surface area contributed by atoms with Gasteiger partial charge in [-0.05, 0) is 42.5 Å². The molecule has 2 N–H and O–H groups in total. The van der Waals surface area contributed by atoms with Crippen LogP contribution in [0.2, 0.25) is 0 Å². The molecule has 1 aliphatic rings. The van der Waals surface area contributed by atoms with Crippen molar-refractivity contribution in [3.05, 3.63) is 52.0 Å². The molecule has 140 valence electrons. The summed E-state index contributed by atoms with van der Waals surface area (Å²) in [7, 11) is 0. The Balaban J connectivity index is 1.28. The van der Waals surface area contributed by atoms with E-state index in [2.05, 4.69) is 26.7 Å². The second kappa shape index (κ2) is 7.52. The molecule has 0 aliphatic carbocycles. The highest BCUT2D eigenvalue weighted by molar-refractivity contribution is 7.10. The normalized spacial score (nSPS) is 14.8. The molecule has 3 aromatic rings. The molecule has 2 amide bonds. The first-order valence-electron chi connectivity index (χ1n) is 9.17. The van der Waals surface area contributed by atoms with E-state index in [-0.39, 0.29) is 30.7 Å². The standard InChI is InChI=1S/C20H22N4O2S/c1-13(20-22-15-4-2-3-5-16(15)23-20)21-18(25)6-7-19(26)24-10-8-17-14(12-24)9-11-27-17/h2-5,9,11,13H,6-8,10,12H2,1H3,(H,21,25)(H,22,23). The molecule has 27 heavy (non-hydrogen) atoms. The van der Waals surface area contributed by atoms with Gasteiger partial charge in [0.05, 0.1) is 17.1 Å². The number of aromatic amines is 1. The maximum Gasteiger partial charge on any atom is 0.223 e. The Morgan fingerprint density at radius 2 is 2.15 bits per heavy atom. The van der Waals surface area contributed by atoms with Crippen LogP contribution in [0.4, 0.5) is 0 Å². The molecule has 0 saturated heterocycles. The van der Waals surface area contributed by atoms with E-state index >= 15 is 0 Å². The molecule has 0 spiro atoms. The lowest BCUT2D eigenvalue weighted by Gasteiger charge is -2.27. The zero-order chi connectivity index (χ0) is 18.8. The summed E-state index contributed by atoms with van der Waals surface area (Å²) in [5.74, 6) is 0.625. The van der Waals surface area contributed by atoms with Crippen molar-refractivity contribution in [2.24, 2.45) is 0 Å². The molecule has 2 aromatic heterocycles. The molecule has 3 heterocycles. The first kappa shape index (κ1) is 17.7. The Morgan fingerprint density at radius 1 is 1.30 bits per heavy atom. The minimum absolute atomic E-state index is 0.0402. The molecule has 1 aromatic carbocycles. The van der Waals surface area contributed by atoms with E-state index in [4.69, 9.17) is 0 Å². The number of carbonyl (C=O) groups is 2. The smallest absolute Gasteiger partial charge is 0.223 e. The third-order valence-electron chi connectivity index (χ3n) is 4.92. The van der Waals surface area contributed by atoms with Gasteiger partial charge < -0.3 is 15.2 Å². The molecule has 1 aliphatic heterocycles. The summed E-state index contributed by atoms with van der Waals surface area (Å²) in [6.45, 7) is 3.29. The average Bonchev–Trinajstić information content (AvgIpc) is 3.31. The molecule has 0 radical (unpaired) electrons. The maximum absolute atomic E-state index is 12.4. The maximum atomic E-state index is 12.4. The van der Waals surface area contributed by atoms with Crippen molar-refractivity contribution in [1.82, 2.24) is 20.2 Å². The van der Waals surface area contributed by atoms with Gasteiger partial charge in [-0.25, -0.2) is 4.98 Å². The van der Waals surface area contributed by atoms with Gasteiger partial charge in [0.1, 0.15) is 5.82 Å². The monoisotopic (exact) mass is 382 g/mol. The highest BCUT2D eigenvalue weighted by Crippen LogP contribution is 2.24. The predicted octanol–water partition coefficient (Wildman–Crippen LogP) is 3.17. The van der Waals surface area contributed by atoms with Gasteiger partial charge in [-0.1, -0.05) is 12.1 Å². The molecule has 1 unspecified atom stereocenters. The van der Waals surface area contributed by atoms with Crippen molar-refractivity contribution in [1.29, 1.82) is 0 Å². The van der Waals surface area contributed by atoms with Gasteiger partial charge in [-0.2, -0.15) is 0 Å². The number of benzene rings is 1. The zero-order valence-corrected chi connectivity index (χ0v) is 16.0. The Labute approximate surface area is 161 Å². The lowest BCUT2D eigenvalue weighted by Crippen LogP contribution is -2.36. The van der Waals surface area contributed by atoms with Gasteiger partial charge in [0.15, 0.2) is 0 Å². The number of imidazole rings is 1. The number of thiophene rings is 1. The first-order chi connectivity index (χ1) is 13.1. The number of nitrogens with zero attached hydrogens (tertiary/aromatic N) is 2. The lowest BCUT2D eigenvalue weighted by molar-refractivity contribution is -0.134. The number of para-hydroxylation sites is 2. The van der Waals surface area contributed by atoms with Crippen molar-refractivity contribution in [2.75, 3.05) is 6.54 Å². The third-order valence-corrected chi connectivity index (χ3v) is 5.94. The Bertz CT molecular complexity index is 944. The Morgan fingerprint density at radius 3 is 3.00 bits per heavy atom. The number of H-pyrrole nitrogens is 1. The number of hydrogen-bond donors (Lipinski definition) is 2. The minimum atomic E-state index is -0.233. The van der Waals surface area contributed by atoms with Gasteiger partial charge >= 0.3 is 0 Å². The van der Waals surface area contributed by atoms with Crippen molar-refractivity contribution in [3.63, 3.8) is 0 Å². The number of hydrogen-bond acceptors (Lipinski definition) is 4. The highest BCUT2D eigenvalue weighted by atomic mass is 32.1. The highest BCUT2D eigenvalue weighted by Gasteiger charge is 2.22. The van der Waals surface area contributed by atoms with Gasteiger partial charge in [-0.3, -0.25) is 9.59 Å². The number of nitrogens with one attached hydrogen (secondary N) is 2. The fraction of sp³-hybridized carbons (Fsp3) is 0.350. The summed E-state index contributed by atoms with van der Waals surface area (Å²) in [5, 5.41) is 5.00. The topological polar surface area (TPSA) is 78.1 Å². The van der Waals surface area contributed by atoms with Crippen molar-refractivity contribution in [3.8, 4) is 0 Å². The predicted molar refractivity (Wildman–Crippen MR) is 105 cm³/mol. The van der Waals surface area contributed by atoms with Crippen LogP contribution in [0.15, 0.2) is 35.7 Å². The fourth-order valence-electron chi connectivity index (χ4n) is 3.40. The van der Waals surface area contributed by atoms with E-state index in [9.17, 15) is 9.59 Å². The number of amides is 2. The fourth-order valence-corrected chi connectivity index (χ4v) is 4.29. The van der Waals surface area contributed by atoms with E-state index in [0.717, 1.165) is 29.8 Å². The number of carbonyl (C=O) groups excluding carboxylic acids is 2. The van der Waals surface area contributed by atoms with E-state index in [0.29, 0.717) is 6.54 Å². The second-order valence-electron chi connectivity index (χ2n) is 6.86. The molecular formula is C20H22N4O2S. The number of aromatic nitrogens is 2. The summed E-state index contributed by atoms with van der Waals surface area (Å²) in [6, 6.07) is 9.61. The molecule has 0 fully saturated rings. The van der Waals surface area contributed by atoms with E-state index in [1.54, 1.807) is 11.3 Å². The van der Waals surface area contributed by atoms with Crippen molar-refractivity contribution in [2.45, 2.75) is 38.8 Å². The van der Waals surface area contributed by atoms with Crippen LogP contribution in [-0.4, -0.2) is 33.2 Å². The van der Waals surface area contributed by atoms with E-state index in [1.165, 1.54) is 10.4 Å². The molecule has 1 atom stereocenters. The molecule has 0 bridgehead atoms. The summed E-state index contributed by atoms with van der Waals surface area (Å²) in [6.07, 6.45) is 1.34. The van der Waals surface area contributed by atoms with Crippen LogP contribution in [-0.2, 0) is 22.6 Å². The summed E-state index contributed by atoms with van der Waals surface area (Å²) in [5.41, 5.74) is 3.06. The summed E-state index contributed by atoms with van der Waals surface area (Å²) in [4.78, 5) is 35.7. The SMILES string of the molecule is CC(NC(=O)CCC(=O)N1CCc2sccc2C1)c1nc2ccccc2[nH]1. The molecule has 0 saturated carbocycles. The lowest BCUT2D eigenvalue weighted by atomic mass is 10.1. The number of fused-ring (bicyclic) bond motifs is 2. The van der Waals surface area contributed by atoms with Crippen LogP contribution in [0.25, 0.3) is 11.0 Å². The molecule has 4 rings (SSSR count). The average molecular weight is 382 g/mol. The quantitative estimate of drug-likeness (QED) is 0.711.